The van der Waals surface area contributed by atoms with Crippen LogP contribution in [0.3, 0.4) is 0 Å². The number of nitrogens with one attached hydrogen (secondary N) is 3. The van der Waals surface area contributed by atoms with Crippen molar-refractivity contribution in [3.63, 3.8) is 0 Å². The number of terminal acetylenes is 1. The second kappa shape index (κ2) is 10.4. The lowest BCUT2D eigenvalue weighted by atomic mass is 10.1. The topological polar surface area (TPSA) is 103 Å². The van der Waals surface area contributed by atoms with Crippen molar-refractivity contribution in [1.29, 1.82) is 0 Å². The first-order valence-electron chi connectivity index (χ1n) is 9.38. The molecule has 1 fully saturated rings. The minimum Gasteiger partial charge on any atom is -0.349 e. The van der Waals surface area contributed by atoms with Crippen LogP contribution in [0.25, 0.3) is 0 Å². The van der Waals surface area contributed by atoms with Crippen molar-refractivity contribution < 1.29 is 14.4 Å². The summed E-state index contributed by atoms with van der Waals surface area (Å²) in [4.78, 5) is 43.1. The lowest BCUT2D eigenvalue weighted by Crippen LogP contribution is -2.54. The lowest BCUT2D eigenvalue weighted by molar-refractivity contribution is -0.137. The number of likely N-dealkylation sites (N-methyl/N-ethyl adjacent to an activating group) is 1. The zero-order valence-electron chi connectivity index (χ0n) is 16.3. The molecule has 0 unspecified atom stereocenters. The van der Waals surface area contributed by atoms with Gasteiger partial charge in [0.25, 0.3) is 5.91 Å². The van der Waals surface area contributed by atoms with Crippen LogP contribution in [-0.4, -0.2) is 65.9 Å². The van der Waals surface area contributed by atoms with Crippen LogP contribution in [-0.2, 0) is 9.59 Å². The fourth-order valence-corrected chi connectivity index (χ4v) is 3.08. The Bertz CT molecular complexity index is 731. The van der Waals surface area contributed by atoms with E-state index in [2.05, 4.69) is 26.9 Å². The Labute approximate surface area is 165 Å². The average Bonchev–Trinajstić information content (AvgIpc) is 3.19. The van der Waals surface area contributed by atoms with Crippen LogP contribution in [0.2, 0.25) is 0 Å². The molecule has 1 aliphatic rings. The molecule has 1 aliphatic heterocycles. The van der Waals surface area contributed by atoms with Crippen molar-refractivity contribution >= 4 is 17.7 Å². The van der Waals surface area contributed by atoms with E-state index >= 15 is 0 Å². The monoisotopic (exact) mass is 385 g/mol. The molecule has 0 bridgehead atoms. The van der Waals surface area contributed by atoms with E-state index in [9.17, 15) is 14.4 Å². The summed E-state index contributed by atoms with van der Waals surface area (Å²) in [5, 5.41) is 8.39. The van der Waals surface area contributed by atoms with E-state index in [0.29, 0.717) is 18.8 Å². The van der Waals surface area contributed by atoms with Crippen LogP contribution in [0.4, 0.5) is 0 Å². The Hall–Kier alpha value is -2.92. The second-order valence-electron chi connectivity index (χ2n) is 6.73. The van der Waals surface area contributed by atoms with Gasteiger partial charge in [0.05, 0.1) is 6.04 Å². The third-order valence-corrected chi connectivity index (χ3v) is 4.82. The second-order valence-corrected chi connectivity index (χ2v) is 6.73. The van der Waals surface area contributed by atoms with Crippen LogP contribution < -0.4 is 16.0 Å². The number of nitrogens with zero attached hydrogens (tertiary/aromatic N) is 2. The standard InChI is InChI=1S/C20H27N5O3/c1-4-8-17(24-18(26)14(2)21-3)20(28)25-12-7-9-15(25)13-23-19(27)16-10-5-6-11-22-16/h1,5-6,10-11,14-15,17,21H,7-9,12-13H2,2-3H3,(H,23,27)(H,24,26)/t14-,15-,17-/m0/s1. The van der Waals surface area contributed by atoms with Crippen LogP contribution in [0.15, 0.2) is 24.4 Å². The number of aromatic nitrogens is 1. The van der Waals surface area contributed by atoms with Gasteiger partial charge in [-0.15, -0.1) is 12.3 Å². The van der Waals surface area contributed by atoms with E-state index in [1.807, 2.05) is 0 Å². The first-order chi connectivity index (χ1) is 13.5. The highest BCUT2D eigenvalue weighted by molar-refractivity contribution is 5.92. The fraction of sp³-hybridized carbons (Fsp3) is 0.500. The van der Waals surface area contributed by atoms with Gasteiger partial charge in [0.1, 0.15) is 11.7 Å². The maximum absolute atomic E-state index is 13.0. The summed E-state index contributed by atoms with van der Waals surface area (Å²) in [7, 11) is 1.67. The van der Waals surface area contributed by atoms with Crippen LogP contribution in [0.1, 0.15) is 36.7 Å². The van der Waals surface area contributed by atoms with Crippen LogP contribution in [0.5, 0.6) is 0 Å². The molecule has 0 radical (unpaired) electrons. The number of pyridine rings is 1. The predicted octanol–water partition coefficient (Wildman–Crippen LogP) is -0.0816. The Morgan fingerprint density at radius 2 is 2.18 bits per heavy atom. The van der Waals surface area contributed by atoms with Crippen LogP contribution in [0, 0.1) is 12.3 Å². The first kappa shape index (κ1) is 21.4. The van der Waals surface area contributed by atoms with Crippen molar-refractivity contribution in [2.24, 2.45) is 0 Å². The number of rotatable bonds is 8. The number of carbonyl (C=O) groups excluding carboxylic acids is 3. The summed E-state index contributed by atoms with van der Waals surface area (Å²) in [6, 6.07) is 3.77. The molecule has 3 amide bonds. The quantitative estimate of drug-likeness (QED) is 0.543. The van der Waals surface area contributed by atoms with E-state index in [-0.39, 0.29) is 30.2 Å². The molecular weight excluding hydrogens is 358 g/mol. The summed E-state index contributed by atoms with van der Waals surface area (Å²) in [6.45, 7) is 2.60. The average molecular weight is 385 g/mol. The van der Waals surface area contributed by atoms with Gasteiger partial charge in [0.2, 0.25) is 11.8 Å². The summed E-state index contributed by atoms with van der Waals surface area (Å²) in [5.74, 6) is 1.68. The van der Waals surface area contributed by atoms with E-state index in [1.54, 1.807) is 43.3 Å². The highest BCUT2D eigenvalue weighted by atomic mass is 16.2. The van der Waals surface area contributed by atoms with Gasteiger partial charge in [0.15, 0.2) is 0 Å². The molecule has 2 heterocycles. The van der Waals surface area contributed by atoms with Crippen molar-refractivity contribution in [2.75, 3.05) is 20.1 Å². The third-order valence-electron chi connectivity index (χ3n) is 4.82. The largest absolute Gasteiger partial charge is 0.349 e. The maximum Gasteiger partial charge on any atom is 0.269 e. The summed E-state index contributed by atoms with van der Waals surface area (Å²) >= 11 is 0. The normalized spacial score (nSPS) is 18.0. The maximum atomic E-state index is 13.0. The van der Waals surface area contributed by atoms with Crippen LogP contribution >= 0.6 is 0 Å². The van der Waals surface area contributed by atoms with Gasteiger partial charge >= 0.3 is 0 Å². The van der Waals surface area contributed by atoms with Crippen molar-refractivity contribution in [2.45, 2.75) is 44.3 Å². The minimum absolute atomic E-state index is 0.116. The molecule has 0 saturated carbocycles. The van der Waals surface area contributed by atoms with E-state index in [1.165, 1.54) is 0 Å². The van der Waals surface area contributed by atoms with E-state index in [0.717, 1.165) is 12.8 Å². The lowest BCUT2D eigenvalue weighted by Gasteiger charge is -2.29. The number of hydrogen-bond donors (Lipinski definition) is 3. The Kier molecular flexibility index (Phi) is 7.96. The molecule has 150 valence electrons. The molecule has 8 nitrogen and oxygen atoms in total. The Balaban J connectivity index is 1.98. The summed E-state index contributed by atoms with van der Waals surface area (Å²) in [6.07, 6.45) is 8.68. The van der Waals surface area contributed by atoms with Gasteiger partial charge in [-0.05, 0) is 38.9 Å². The van der Waals surface area contributed by atoms with Crippen molar-refractivity contribution in [1.82, 2.24) is 25.8 Å². The van der Waals surface area contributed by atoms with Gasteiger partial charge in [-0.1, -0.05) is 6.07 Å². The molecule has 28 heavy (non-hydrogen) atoms. The number of carbonyl (C=O) groups is 3. The molecule has 2 rings (SSSR count). The molecule has 8 heteroatoms. The minimum atomic E-state index is -0.777. The third kappa shape index (κ3) is 5.54. The molecule has 0 aromatic carbocycles. The van der Waals surface area contributed by atoms with Gasteiger partial charge in [0, 0.05) is 31.7 Å². The number of likely N-dealkylation sites (tertiary alicyclic amines) is 1. The molecule has 0 aliphatic carbocycles. The zero-order chi connectivity index (χ0) is 20.5. The highest BCUT2D eigenvalue weighted by Crippen LogP contribution is 2.18. The smallest absolute Gasteiger partial charge is 0.269 e. The predicted molar refractivity (Wildman–Crippen MR) is 105 cm³/mol. The summed E-state index contributed by atoms with van der Waals surface area (Å²) < 4.78 is 0. The van der Waals surface area contributed by atoms with Gasteiger partial charge in [-0.25, -0.2) is 0 Å². The molecule has 3 N–H and O–H groups in total. The molecular formula is C20H27N5O3. The van der Waals surface area contributed by atoms with Crippen molar-refractivity contribution in [3.8, 4) is 12.3 Å². The number of amides is 3. The van der Waals surface area contributed by atoms with Gasteiger partial charge in [-0.3, -0.25) is 19.4 Å². The molecule has 1 aromatic heterocycles. The molecule has 3 atom stereocenters. The zero-order valence-corrected chi connectivity index (χ0v) is 16.3. The van der Waals surface area contributed by atoms with Gasteiger partial charge in [-0.2, -0.15) is 0 Å². The summed E-state index contributed by atoms with van der Waals surface area (Å²) in [5.41, 5.74) is 0.330. The first-order valence-corrected chi connectivity index (χ1v) is 9.38. The fourth-order valence-electron chi connectivity index (χ4n) is 3.08. The molecule has 1 saturated heterocycles. The highest BCUT2D eigenvalue weighted by Gasteiger charge is 2.34. The molecule has 1 aromatic rings. The van der Waals surface area contributed by atoms with Gasteiger partial charge < -0.3 is 20.9 Å². The SMILES string of the molecule is C#CC[C@H](NC(=O)[C@H](C)NC)C(=O)N1CCC[C@H]1CNC(=O)c1ccccn1. The Morgan fingerprint density at radius 1 is 1.39 bits per heavy atom. The molecule has 0 spiro atoms. The van der Waals surface area contributed by atoms with E-state index < -0.39 is 12.1 Å². The number of hydrogen-bond acceptors (Lipinski definition) is 5. The van der Waals surface area contributed by atoms with Crippen molar-refractivity contribution in [3.05, 3.63) is 30.1 Å². The van der Waals surface area contributed by atoms with E-state index in [4.69, 9.17) is 6.42 Å². The Morgan fingerprint density at radius 3 is 2.82 bits per heavy atom.